The van der Waals surface area contributed by atoms with E-state index in [1.165, 1.54) is 12.1 Å². The summed E-state index contributed by atoms with van der Waals surface area (Å²) in [5.41, 5.74) is 1.97. The summed E-state index contributed by atoms with van der Waals surface area (Å²) < 4.78 is 34.8. The van der Waals surface area contributed by atoms with Gasteiger partial charge in [-0.2, -0.15) is 8.42 Å². The van der Waals surface area contributed by atoms with Crippen LogP contribution in [0.2, 0.25) is 0 Å². The predicted molar refractivity (Wildman–Crippen MR) is 110 cm³/mol. The Morgan fingerprint density at radius 1 is 1.07 bits per heavy atom. The summed E-state index contributed by atoms with van der Waals surface area (Å²) in [7, 11) is -2.23. The minimum Gasteiger partial charge on any atom is -0.460 e. The third-order valence-electron chi connectivity index (χ3n) is 3.88. The number of likely N-dealkylation sites (N-methyl/N-ethyl adjacent to an activating group) is 1. The molecule has 7 heteroatoms. The largest absolute Gasteiger partial charge is 0.460 e. The van der Waals surface area contributed by atoms with E-state index >= 15 is 0 Å². The molecule has 0 aromatic heterocycles. The third-order valence-corrected chi connectivity index (χ3v) is 4.75. The van der Waals surface area contributed by atoms with E-state index in [1.54, 1.807) is 19.2 Å². The van der Waals surface area contributed by atoms with Crippen LogP contribution in [0, 0.1) is 12.8 Å². The molecule has 0 aliphatic carbocycles. The first-order valence-corrected chi connectivity index (χ1v) is 10.5. The molecule has 0 saturated carbocycles. The van der Waals surface area contributed by atoms with Crippen molar-refractivity contribution in [1.29, 1.82) is 0 Å². The standard InChI is InChI=1S/C14H21NO2.C7H8O3S/c1-11(2)9-13(15-3)14(16)17-10-12-7-5-4-6-8-12;1-6-2-4-7(5-3-6)11(8,9)10/h4-8,11,13,15H,9-10H2,1-3H3;2-5H,1H3,(H,8,9,10)/t13-;/m1./s1. The van der Waals surface area contributed by atoms with Crippen molar-refractivity contribution < 1.29 is 22.5 Å². The zero-order chi connectivity index (χ0) is 21.2. The minimum absolute atomic E-state index is 0.0666. The van der Waals surface area contributed by atoms with E-state index in [0.29, 0.717) is 12.5 Å². The highest BCUT2D eigenvalue weighted by Gasteiger charge is 2.19. The van der Waals surface area contributed by atoms with Crippen LogP contribution in [0.3, 0.4) is 0 Å². The lowest BCUT2D eigenvalue weighted by Crippen LogP contribution is -2.36. The van der Waals surface area contributed by atoms with Gasteiger partial charge in [0.2, 0.25) is 0 Å². The number of hydrogen-bond donors (Lipinski definition) is 2. The number of carbonyl (C=O) groups is 1. The molecule has 28 heavy (non-hydrogen) atoms. The molecule has 0 saturated heterocycles. The van der Waals surface area contributed by atoms with Crippen molar-refractivity contribution >= 4 is 16.1 Å². The number of aryl methyl sites for hydroxylation is 1. The Kier molecular flexibility index (Phi) is 9.85. The topological polar surface area (TPSA) is 92.7 Å². The van der Waals surface area contributed by atoms with E-state index in [1.807, 2.05) is 37.3 Å². The number of rotatable bonds is 7. The number of ether oxygens (including phenoxy) is 1. The molecular formula is C21H29NO5S. The number of benzene rings is 2. The van der Waals surface area contributed by atoms with Crippen molar-refractivity contribution in [1.82, 2.24) is 5.32 Å². The van der Waals surface area contributed by atoms with Crippen LogP contribution in [-0.4, -0.2) is 32.0 Å². The lowest BCUT2D eigenvalue weighted by molar-refractivity contribution is -0.147. The Morgan fingerprint density at radius 3 is 2.11 bits per heavy atom. The summed E-state index contributed by atoms with van der Waals surface area (Å²) in [6, 6.07) is 15.5. The number of carbonyl (C=O) groups excluding carboxylic acids is 1. The third kappa shape index (κ3) is 9.12. The van der Waals surface area contributed by atoms with E-state index in [4.69, 9.17) is 9.29 Å². The predicted octanol–water partition coefficient (Wildman–Crippen LogP) is 3.61. The Morgan fingerprint density at radius 2 is 1.64 bits per heavy atom. The number of nitrogens with one attached hydrogen (secondary N) is 1. The quantitative estimate of drug-likeness (QED) is 0.538. The van der Waals surface area contributed by atoms with Crippen LogP contribution in [0.4, 0.5) is 0 Å². The highest BCUT2D eigenvalue weighted by Crippen LogP contribution is 2.09. The maximum absolute atomic E-state index is 11.8. The van der Waals surface area contributed by atoms with Crippen LogP contribution in [-0.2, 0) is 26.3 Å². The van der Waals surface area contributed by atoms with Gasteiger partial charge < -0.3 is 10.1 Å². The molecule has 6 nitrogen and oxygen atoms in total. The normalized spacial score (nSPS) is 12.1. The summed E-state index contributed by atoms with van der Waals surface area (Å²) in [5, 5.41) is 2.99. The van der Waals surface area contributed by atoms with Gasteiger partial charge in [0.25, 0.3) is 10.1 Å². The first-order chi connectivity index (χ1) is 13.1. The lowest BCUT2D eigenvalue weighted by Gasteiger charge is -2.17. The second-order valence-electron chi connectivity index (χ2n) is 6.85. The minimum atomic E-state index is -4.02. The van der Waals surface area contributed by atoms with Crippen molar-refractivity contribution in [3.63, 3.8) is 0 Å². The zero-order valence-corrected chi connectivity index (χ0v) is 17.6. The van der Waals surface area contributed by atoms with Gasteiger partial charge in [-0.05, 0) is 44.0 Å². The van der Waals surface area contributed by atoms with Crippen molar-refractivity contribution in [2.24, 2.45) is 5.92 Å². The molecule has 154 valence electrons. The molecule has 0 aliphatic heterocycles. The van der Waals surface area contributed by atoms with E-state index in [9.17, 15) is 13.2 Å². The molecule has 2 aromatic carbocycles. The van der Waals surface area contributed by atoms with E-state index in [-0.39, 0.29) is 16.9 Å². The van der Waals surface area contributed by atoms with Gasteiger partial charge in [-0.25, -0.2) is 0 Å². The van der Waals surface area contributed by atoms with E-state index in [0.717, 1.165) is 17.5 Å². The van der Waals surface area contributed by atoms with Gasteiger partial charge in [-0.15, -0.1) is 0 Å². The SMILES string of the molecule is CN[C@H](CC(C)C)C(=O)OCc1ccccc1.Cc1ccc(S(=O)(=O)O)cc1. The summed E-state index contributed by atoms with van der Waals surface area (Å²) in [6.07, 6.45) is 0.796. The van der Waals surface area contributed by atoms with Crippen LogP contribution in [0.5, 0.6) is 0 Å². The average Bonchev–Trinajstić information content (AvgIpc) is 2.65. The Hall–Kier alpha value is -2.22. The van der Waals surface area contributed by atoms with Gasteiger partial charge in [-0.3, -0.25) is 9.35 Å². The van der Waals surface area contributed by atoms with Gasteiger partial charge in [-0.1, -0.05) is 61.9 Å². The second-order valence-corrected chi connectivity index (χ2v) is 8.27. The monoisotopic (exact) mass is 407 g/mol. The van der Waals surface area contributed by atoms with E-state index < -0.39 is 10.1 Å². The fraction of sp³-hybridized carbons (Fsp3) is 0.381. The molecule has 0 unspecified atom stereocenters. The molecule has 0 bridgehead atoms. The molecule has 0 heterocycles. The zero-order valence-electron chi connectivity index (χ0n) is 16.8. The highest BCUT2D eigenvalue weighted by molar-refractivity contribution is 7.85. The van der Waals surface area contributed by atoms with Crippen LogP contribution in [0.15, 0.2) is 59.5 Å². The smallest absolute Gasteiger partial charge is 0.323 e. The molecule has 0 aliphatic rings. The van der Waals surface area contributed by atoms with Crippen LogP contribution >= 0.6 is 0 Å². The van der Waals surface area contributed by atoms with E-state index in [2.05, 4.69) is 19.2 Å². The molecule has 0 radical (unpaired) electrons. The van der Waals surface area contributed by atoms with Gasteiger partial charge in [0.1, 0.15) is 12.6 Å². The average molecular weight is 408 g/mol. The number of hydrogen-bond acceptors (Lipinski definition) is 5. The fourth-order valence-corrected chi connectivity index (χ4v) is 2.82. The van der Waals surface area contributed by atoms with Crippen molar-refractivity contribution in [3.8, 4) is 0 Å². The van der Waals surface area contributed by atoms with Crippen molar-refractivity contribution in [2.75, 3.05) is 7.05 Å². The van der Waals surface area contributed by atoms with Gasteiger partial charge >= 0.3 is 5.97 Å². The van der Waals surface area contributed by atoms with Crippen LogP contribution in [0.25, 0.3) is 0 Å². The summed E-state index contributed by atoms with van der Waals surface area (Å²) >= 11 is 0. The Balaban J connectivity index is 0.000000307. The molecule has 2 aromatic rings. The molecule has 0 fully saturated rings. The molecule has 2 N–H and O–H groups in total. The first kappa shape index (κ1) is 23.8. The van der Waals surface area contributed by atoms with Crippen molar-refractivity contribution in [2.45, 2.75) is 44.7 Å². The Labute approximate surface area is 167 Å². The second kappa shape index (κ2) is 11.6. The summed E-state index contributed by atoms with van der Waals surface area (Å²) in [5.74, 6) is 0.293. The fourth-order valence-electron chi connectivity index (χ4n) is 2.34. The van der Waals surface area contributed by atoms with Crippen LogP contribution < -0.4 is 5.32 Å². The Bertz CT molecular complexity index is 818. The van der Waals surface area contributed by atoms with Gasteiger partial charge in [0.05, 0.1) is 4.90 Å². The van der Waals surface area contributed by atoms with Gasteiger partial charge in [0, 0.05) is 0 Å². The van der Waals surface area contributed by atoms with Crippen molar-refractivity contribution in [3.05, 3.63) is 65.7 Å². The molecule has 0 amide bonds. The maximum Gasteiger partial charge on any atom is 0.323 e. The van der Waals surface area contributed by atoms with Gasteiger partial charge in [0.15, 0.2) is 0 Å². The molecule has 0 spiro atoms. The lowest BCUT2D eigenvalue weighted by atomic mass is 10.0. The summed E-state index contributed by atoms with van der Waals surface area (Å²) in [4.78, 5) is 11.7. The molecule has 2 rings (SSSR count). The number of esters is 1. The molecule has 1 atom stereocenters. The first-order valence-electron chi connectivity index (χ1n) is 9.05. The van der Waals surface area contributed by atoms with Crippen LogP contribution in [0.1, 0.15) is 31.4 Å². The molecular weight excluding hydrogens is 378 g/mol. The maximum atomic E-state index is 11.8. The highest BCUT2D eigenvalue weighted by atomic mass is 32.2. The summed E-state index contributed by atoms with van der Waals surface area (Å²) in [6.45, 7) is 6.37.